The number of nitrogens with zero attached hydrogens (tertiary/aromatic N) is 7. The number of carbonyl (C=O) groups is 5. The summed E-state index contributed by atoms with van der Waals surface area (Å²) in [5, 5.41) is 42.1. The number of aryl methyl sites for hydroxylation is 4. The second kappa shape index (κ2) is 40.9. The predicted molar refractivity (Wildman–Crippen MR) is 456 cm³/mol. The van der Waals surface area contributed by atoms with Crippen LogP contribution in [-0.4, -0.2) is 153 Å². The van der Waals surface area contributed by atoms with Gasteiger partial charge in [0, 0.05) is 195 Å². The molecule has 23 nitrogen and oxygen atoms in total. The van der Waals surface area contributed by atoms with Gasteiger partial charge >= 0.3 is 0 Å². The number of nitrogens with one attached hydrogen (secondary N) is 9. The molecule has 9 N–H and O–H groups in total. The van der Waals surface area contributed by atoms with Gasteiger partial charge in [0.2, 0.25) is 0 Å². The lowest BCUT2D eigenvalue weighted by Gasteiger charge is -2.36. The van der Waals surface area contributed by atoms with E-state index in [1.165, 1.54) is 5.56 Å². The summed E-state index contributed by atoms with van der Waals surface area (Å²) < 4.78 is 15.0. The molecule has 4 aliphatic heterocycles. The van der Waals surface area contributed by atoms with Gasteiger partial charge in [-0.05, 0) is 204 Å². The highest BCUT2D eigenvalue weighted by atomic mass is 35.5. The van der Waals surface area contributed by atoms with Crippen LogP contribution in [0.25, 0.3) is 44.3 Å². The van der Waals surface area contributed by atoms with Gasteiger partial charge in [-0.15, -0.1) is 0 Å². The monoisotopic (exact) mass is 1580 g/mol. The molecule has 0 bridgehead atoms. The van der Waals surface area contributed by atoms with Crippen molar-refractivity contribution in [3.8, 4) is 22.3 Å². The van der Waals surface area contributed by atoms with Gasteiger partial charge in [-0.2, -0.15) is 10.2 Å². The molecule has 4 atom stereocenters. The van der Waals surface area contributed by atoms with E-state index in [0.29, 0.717) is 114 Å². The van der Waals surface area contributed by atoms with Crippen LogP contribution in [0.1, 0.15) is 179 Å². The molecule has 0 unspecified atom stereocenters. The molecule has 8 heterocycles. The van der Waals surface area contributed by atoms with Crippen molar-refractivity contribution in [1.29, 1.82) is 0 Å². The first-order valence-corrected chi connectivity index (χ1v) is 40.5. The molecule has 0 spiro atoms. The quantitative estimate of drug-likeness (QED) is 0.0241. The number of rotatable bonds is 25. The fourth-order valence-electron chi connectivity index (χ4n) is 15.3. The molecular formula is C89H110Cl2N16O7. The maximum atomic E-state index is 13.6. The van der Waals surface area contributed by atoms with Crippen molar-refractivity contribution in [2.75, 3.05) is 63.2 Å². The molecule has 0 radical (unpaired) electrons. The molecule has 25 heteroatoms. The SMILES string of the molecule is C.CCc1nc2c(cnn2CC)c(NC2CCOCC2)c1CNC(=O)c1cccc(C(=O)NCc2cc(Cl)cc(-c3cccc(C=O)c3)c2)c1.CCc1nc2c(cnn2CC)c(NC2CCOCC2)c1CNC(=O)c1cccc(C(=O)NCc2cc(Cl)cc(-c3cccc(CN4C[C@@H](C)N[C@@H](C)C4)c3)c2)c1.C[C@@H]1CNC[C@H](C)N1. The van der Waals surface area contributed by atoms with Crippen LogP contribution >= 0.6 is 23.2 Å². The summed E-state index contributed by atoms with van der Waals surface area (Å²) in [6.07, 6.45) is 9.47. The van der Waals surface area contributed by atoms with E-state index in [4.69, 9.17) is 42.6 Å². The third-order valence-corrected chi connectivity index (χ3v) is 21.4. The van der Waals surface area contributed by atoms with E-state index in [1.54, 1.807) is 66.7 Å². The Balaban J connectivity index is 0.000000204. The molecule has 4 fully saturated rings. The topological polar surface area (TPSA) is 277 Å². The van der Waals surface area contributed by atoms with Crippen molar-refractivity contribution in [3.05, 3.63) is 223 Å². The van der Waals surface area contributed by atoms with E-state index in [2.05, 4.69) is 142 Å². The van der Waals surface area contributed by atoms with Crippen LogP contribution in [0.15, 0.2) is 146 Å². The molecule has 4 aromatic heterocycles. The van der Waals surface area contributed by atoms with Crippen LogP contribution < -0.4 is 47.9 Å². The lowest BCUT2D eigenvalue weighted by molar-refractivity contribution is 0.0903. The van der Waals surface area contributed by atoms with Crippen LogP contribution in [0, 0.1) is 0 Å². The Labute approximate surface area is 679 Å². The summed E-state index contributed by atoms with van der Waals surface area (Å²) in [7, 11) is 0. The van der Waals surface area contributed by atoms with Crippen LogP contribution in [0.2, 0.25) is 10.0 Å². The standard InChI is InChI=1S/C44H53ClN8O3.C38H39ClN6O4.C6H14N2.CH4/c1-5-40-38(41(50-37-13-15-56-16-14-37)39-24-48-53(6-2)42(39)51-40)23-47-44(55)34-12-8-11-33(20-34)43(54)46-22-31-18-35(21-36(45)19-31)32-10-7-9-30(17-32)27-52-25-28(3)49-29(4)26-52;1-3-34-32(35(43-31-11-13-49-14-12-31)33-22-42-45(4-2)36(33)44-34)21-41-38(48)28-10-6-9-27(18-28)37(47)40-20-25-16-29(19-30(39)17-25)26-8-5-7-24(15-26)23-46;1-5-3-7-4-6(2)8-5;/h7-12,17-21,24,28-29,37,49H,5-6,13-16,22-23,25-27H2,1-4H3,(H,46,54)(H,47,55)(H,50,51);5-10,15-19,22-23,31H,3-4,11-14,20-21H2,1-2H3,(H,40,47)(H,41,48)(H,43,44);5-8H,3-4H2,1-2H3;1H4/t28-,29+;;5-,6+;. The fourth-order valence-corrected chi connectivity index (χ4v) is 15.9. The second-order valence-corrected chi connectivity index (χ2v) is 30.7. The molecule has 4 amide bonds. The number of carbonyl (C=O) groups excluding carboxylic acids is 5. The number of aromatic nitrogens is 6. The van der Waals surface area contributed by atoms with E-state index in [0.717, 1.165) is 154 Å². The van der Waals surface area contributed by atoms with E-state index in [9.17, 15) is 24.0 Å². The molecule has 602 valence electrons. The number of piperazine rings is 2. The lowest BCUT2D eigenvalue weighted by Crippen LogP contribution is -2.53. The Bertz CT molecular complexity index is 4960. The predicted octanol–water partition coefficient (Wildman–Crippen LogP) is 14.2. The van der Waals surface area contributed by atoms with Gasteiger partial charge in [0.25, 0.3) is 23.6 Å². The normalized spacial score (nSPS) is 17.3. The summed E-state index contributed by atoms with van der Waals surface area (Å²) in [4.78, 5) is 77.5. The van der Waals surface area contributed by atoms with Crippen LogP contribution in [0.3, 0.4) is 0 Å². The third-order valence-electron chi connectivity index (χ3n) is 20.9. The maximum absolute atomic E-state index is 13.6. The van der Waals surface area contributed by atoms with Crippen molar-refractivity contribution in [1.82, 2.24) is 71.6 Å². The maximum Gasteiger partial charge on any atom is 0.251 e. The molecule has 4 saturated heterocycles. The minimum atomic E-state index is -0.321. The van der Waals surface area contributed by atoms with Gasteiger partial charge in [0.15, 0.2) is 11.3 Å². The summed E-state index contributed by atoms with van der Waals surface area (Å²) in [6.45, 7) is 27.5. The highest BCUT2D eigenvalue weighted by molar-refractivity contribution is 6.31. The van der Waals surface area contributed by atoms with Gasteiger partial charge < -0.3 is 57.3 Å². The Morgan fingerprint density at radius 1 is 0.491 bits per heavy atom. The summed E-state index contributed by atoms with van der Waals surface area (Å²) >= 11 is 13.0. The van der Waals surface area contributed by atoms with Gasteiger partial charge in [-0.1, -0.05) is 93.0 Å². The van der Waals surface area contributed by atoms with E-state index in [-0.39, 0.29) is 69.3 Å². The number of pyridine rings is 2. The smallest absolute Gasteiger partial charge is 0.251 e. The number of benzene rings is 6. The number of halogens is 2. The number of fused-ring (bicyclic) bond motifs is 2. The Kier molecular flexibility index (Phi) is 30.5. The highest BCUT2D eigenvalue weighted by Gasteiger charge is 2.27. The van der Waals surface area contributed by atoms with Crippen molar-refractivity contribution in [2.45, 2.75) is 183 Å². The Hall–Kier alpha value is -9.95. The van der Waals surface area contributed by atoms with Crippen LogP contribution in [0.4, 0.5) is 11.4 Å². The Morgan fingerprint density at radius 3 is 1.31 bits per heavy atom. The van der Waals surface area contributed by atoms with Crippen LogP contribution in [-0.2, 0) is 68.1 Å². The molecule has 0 saturated carbocycles. The lowest BCUT2D eigenvalue weighted by atomic mass is 10.00. The summed E-state index contributed by atoms with van der Waals surface area (Å²) in [5.41, 5.74) is 16.0. The fraction of sp³-hybridized carbons (Fsp3) is 0.404. The molecule has 6 aromatic carbocycles. The van der Waals surface area contributed by atoms with Crippen molar-refractivity contribution in [3.63, 3.8) is 0 Å². The van der Waals surface area contributed by atoms with Crippen molar-refractivity contribution in [2.24, 2.45) is 0 Å². The minimum Gasteiger partial charge on any atom is -0.381 e. The summed E-state index contributed by atoms with van der Waals surface area (Å²) in [5.74, 6) is -1.17. The average Bonchev–Trinajstić information content (AvgIpc) is 1.65. The number of amides is 4. The Morgan fingerprint density at radius 2 is 0.895 bits per heavy atom. The molecule has 114 heavy (non-hydrogen) atoms. The van der Waals surface area contributed by atoms with E-state index >= 15 is 0 Å². The second-order valence-electron chi connectivity index (χ2n) is 29.8. The van der Waals surface area contributed by atoms with E-state index < -0.39 is 0 Å². The van der Waals surface area contributed by atoms with Gasteiger partial charge in [0.1, 0.15) is 6.29 Å². The summed E-state index contributed by atoms with van der Waals surface area (Å²) in [6, 6.07) is 43.4. The third kappa shape index (κ3) is 22.3. The number of hydrogen-bond donors (Lipinski definition) is 9. The minimum absolute atomic E-state index is 0. The largest absolute Gasteiger partial charge is 0.381 e. The molecule has 14 rings (SSSR count). The number of aldehydes is 1. The first kappa shape index (κ1) is 84.9. The number of hydrogen-bond acceptors (Lipinski definition) is 17. The number of ether oxygens (including phenoxy) is 2. The van der Waals surface area contributed by atoms with Crippen LogP contribution in [0.5, 0.6) is 0 Å². The molecular weight excluding hydrogens is 1480 g/mol. The molecule has 4 aliphatic rings. The number of anilines is 2. The van der Waals surface area contributed by atoms with Gasteiger partial charge in [-0.3, -0.25) is 28.9 Å². The zero-order valence-corrected chi connectivity index (χ0v) is 67.5. The zero-order valence-electron chi connectivity index (χ0n) is 66.0. The van der Waals surface area contributed by atoms with Crippen molar-refractivity contribution < 1.29 is 33.4 Å². The van der Waals surface area contributed by atoms with Gasteiger partial charge in [0.05, 0.1) is 34.5 Å². The molecule has 0 aliphatic carbocycles. The first-order valence-electron chi connectivity index (χ1n) is 39.8. The zero-order chi connectivity index (χ0) is 79.5. The average molecular weight is 1590 g/mol. The first-order chi connectivity index (χ1) is 54.8. The van der Waals surface area contributed by atoms with Gasteiger partial charge in [-0.25, -0.2) is 19.3 Å². The molecule has 10 aromatic rings. The van der Waals surface area contributed by atoms with E-state index in [1.807, 2.05) is 65.1 Å². The van der Waals surface area contributed by atoms with Crippen molar-refractivity contribution >= 4 is 86.6 Å². The highest BCUT2D eigenvalue weighted by Crippen LogP contribution is 2.35.